The fraction of sp³-hybridized carbons (Fsp3) is 0.565. The summed E-state index contributed by atoms with van der Waals surface area (Å²) in [6.07, 6.45) is 9.15. The predicted octanol–water partition coefficient (Wildman–Crippen LogP) is 5.17. The fourth-order valence-corrected chi connectivity index (χ4v) is 5.83. The van der Waals surface area contributed by atoms with Crippen LogP contribution in [0.1, 0.15) is 65.7 Å². The highest BCUT2D eigenvalue weighted by atomic mass is 32.2. The number of ether oxygens (including phenoxy) is 1. The molecule has 0 unspecified atom stereocenters. The average Bonchev–Trinajstić information content (AvgIpc) is 3.27. The zero-order valence-corrected chi connectivity index (χ0v) is 20.7. The lowest BCUT2D eigenvalue weighted by Gasteiger charge is -2.21. The summed E-state index contributed by atoms with van der Waals surface area (Å²) in [4.78, 5) is 26.0. The van der Waals surface area contributed by atoms with Gasteiger partial charge in [-0.05, 0) is 32.3 Å². The van der Waals surface area contributed by atoms with E-state index in [9.17, 15) is 9.59 Å². The zero-order valence-electron chi connectivity index (χ0n) is 19.1. The molecular weight excluding hydrogens is 444 g/mol. The number of thioether (sulfide) groups is 1. The van der Waals surface area contributed by atoms with Gasteiger partial charge in [-0.25, -0.2) is 4.79 Å². The van der Waals surface area contributed by atoms with Gasteiger partial charge in [0.15, 0.2) is 5.16 Å². The SMILES string of the molecule is C=CCn1c(CC2CCCCC2)nnc1SCC(=O)Nc1sc(C)c(C)c1C(=O)OCC. The summed E-state index contributed by atoms with van der Waals surface area (Å²) in [5, 5.41) is 12.9. The number of aromatic nitrogens is 3. The summed E-state index contributed by atoms with van der Waals surface area (Å²) in [6.45, 7) is 10.3. The van der Waals surface area contributed by atoms with E-state index >= 15 is 0 Å². The van der Waals surface area contributed by atoms with Crippen LogP contribution in [0.15, 0.2) is 17.8 Å². The van der Waals surface area contributed by atoms with E-state index in [2.05, 4.69) is 26.7 Å². The number of hydrogen-bond donors (Lipinski definition) is 1. The van der Waals surface area contributed by atoms with Gasteiger partial charge in [-0.2, -0.15) is 0 Å². The summed E-state index contributed by atoms with van der Waals surface area (Å²) in [5.41, 5.74) is 1.28. The maximum absolute atomic E-state index is 12.7. The van der Waals surface area contributed by atoms with Gasteiger partial charge in [0.1, 0.15) is 10.8 Å². The zero-order chi connectivity index (χ0) is 23.1. The highest BCUT2D eigenvalue weighted by molar-refractivity contribution is 7.99. The molecule has 174 valence electrons. The van der Waals surface area contributed by atoms with Crippen LogP contribution in [-0.4, -0.2) is 39.0 Å². The molecule has 0 aromatic carbocycles. The number of esters is 1. The third kappa shape index (κ3) is 6.01. The van der Waals surface area contributed by atoms with Crippen LogP contribution >= 0.6 is 23.1 Å². The first-order valence-corrected chi connectivity index (χ1v) is 13.0. The van der Waals surface area contributed by atoms with Crippen molar-refractivity contribution in [2.45, 2.75) is 71.0 Å². The Morgan fingerprint density at radius 1 is 1.28 bits per heavy atom. The summed E-state index contributed by atoms with van der Waals surface area (Å²) < 4.78 is 7.22. The van der Waals surface area contributed by atoms with E-state index in [0.29, 0.717) is 29.6 Å². The van der Waals surface area contributed by atoms with Crippen LogP contribution in [-0.2, 0) is 22.5 Å². The minimum atomic E-state index is -0.407. The lowest BCUT2D eigenvalue weighted by atomic mass is 9.87. The van der Waals surface area contributed by atoms with Crippen molar-refractivity contribution in [2.24, 2.45) is 5.92 Å². The van der Waals surface area contributed by atoms with Crippen LogP contribution in [0.3, 0.4) is 0 Å². The molecule has 2 aromatic heterocycles. The molecule has 3 rings (SSSR count). The fourth-order valence-electron chi connectivity index (χ4n) is 4.00. The Bertz CT molecular complexity index is 961. The average molecular weight is 477 g/mol. The second kappa shape index (κ2) is 11.7. The monoisotopic (exact) mass is 476 g/mol. The Morgan fingerprint density at radius 2 is 2.03 bits per heavy atom. The normalized spacial score (nSPS) is 14.3. The van der Waals surface area contributed by atoms with Crippen LogP contribution < -0.4 is 5.32 Å². The van der Waals surface area contributed by atoms with Gasteiger partial charge in [0.2, 0.25) is 5.91 Å². The highest BCUT2D eigenvalue weighted by Gasteiger charge is 2.23. The van der Waals surface area contributed by atoms with Gasteiger partial charge in [-0.3, -0.25) is 4.79 Å². The molecule has 1 amide bonds. The van der Waals surface area contributed by atoms with Crippen LogP contribution in [0.5, 0.6) is 0 Å². The Labute approximate surface area is 198 Å². The number of carbonyl (C=O) groups excluding carboxylic acids is 2. The molecule has 0 radical (unpaired) electrons. The largest absolute Gasteiger partial charge is 0.462 e. The lowest BCUT2D eigenvalue weighted by Crippen LogP contribution is -2.17. The van der Waals surface area contributed by atoms with Gasteiger partial charge in [0.05, 0.1) is 17.9 Å². The number of nitrogens with zero attached hydrogens (tertiary/aromatic N) is 3. The second-order valence-corrected chi connectivity index (χ2v) is 10.2. The Morgan fingerprint density at radius 3 is 2.72 bits per heavy atom. The van der Waals surface area contributed by atoms with E-state index in [1.165, 1.54) is 55.2 Å². The smallest absolute Gasteiger partial charge is 0.341 e. The van der Waals surface area contributed by atoms with Gasteiger partial charge in [0.25, 0.3) is 0 Å². The molecule has 1 aliphatic carbocycles. The van der Waals surface area contributed by atoms with Crippen molar-refractivity contribution >= 4 is 40.0 Å². The summed E-state index contributed by atoms with van der Waals surface area (Å²) in [5.74, 6) is 1.20. The van der Waals surface area contributed by atoms with E-state index in [1.807, 2.05) is 19.9 Å². The van der Waals surface area contributed by atoms with Crippen molar-refractivity contribution in [2.75, 3.05) is 17.7 Å². The molecule has 32 heavy (non-hydrogen) atoms. The van der Waals surface area contributed by atoms with E-state index in [0.717, 1.165) is 27.8 Å². The van der Waals surface area contributed by atoms with E-state index < -0.39 is 5.97 Å². The number of anilines is 1. The number of carbonyl (C=O) groups is 2. The molecule has 1 N–H and O–H groups in total. The third-order valence-corrected chi connectivity index (χ3v) is 7.84. The number of rotatable bonds is 10. The van der Waals surface area contributed by atoms with Crippen LogP contribution in [0.4, 0.5) is 5.00 Å². The molecule has 9 heteroatoms. The van der Waals surface area contributed by atoms with Crippen molar-refractivity contribution in [3.63, 3.8) is 0 Å². The molecule has 1 fully saturated rings. The molecule has 0 atom stereocenters. The first kappa shape index (κ1) is 24.5. The maximum atomic E-state index is 12.7. The minimum Gasteiger partial charge on any atom is -0.462 e. The molecule has 1 aliphatic rings. The number of amides is 1. The molecule has 2 aromatic rings. The standard InChI is InChI=1S/C23H32N4O3S2/c1-5-12-27-18(13-17-10-8-7-9-11-17)25-26-23(27)31-14-19(28)24-21-20(22(29)30-6-2)15(3)16(4)32-21/h5,17H,1,6-14H2,2-4H3,(H,24,28). The molecular formula is C23H32N4O3S2. The van der Waals surface area contributed by atoms with Crippen LogP contribution in [0, 0.1) is 19.8 Å². The third-order valence-electron chi connectivity index (χ3n) is 5.75. The quantitative estimate of drug-likeness (QED) is 0.289. The van der Waals surface area contributed by atoms with Crippen LogP contribution in [0.2, 0.25) is 0 Å². The molecule has 0 spiro atoms. The Kier molecular flexibility index (Phi) is 8.92. The van der Waals surface area contributed by atoms with Crippen molar-refractivity contribution in [3.8, 4) is 0 Å². The second-order valence-electron chi connectivity index (χ2n) is 8.05. The maximum Gasteiger partial charge on any atom is 0.341 e. The first-order valence-electron chi connectivity index (χ1n) is 11.2. The molecule has 2 heterocycles. The topological polar surface area (TPSA) is 86.1 Å². The van der Waals surface area contributed by atoms with Gasteiger partial charge < -0.3 is 14.6 Å². The summed E-state index contributed by atoms with van der Waals surface area (Å²) >= 11 is 2.74. The Hall–Kier alpha value is -2.13. The molecule has 0 aliphatic heterocycles. The number of thiophene rings is 1. The minimum absolute atomic E-state index is 0.178. The Balaban J connectivity index is 1.65. The van der Waals surface area contributed by atoms with E-state index in [1.54, 1.807) is 6.92 Å². The molecule has 0 saturated heterocycles. The molecule has 7 nitrogen and oxygen atoms in total. The van der Waals surface area contributed by atoms with Gasteiger partial charge >= 0.3 is 5.97 Å². The first-order chi connectivity index (χ1) is 15.4. The lowest BCUT2D eigenvalue weighted by molar-refractivity contribution is -0.113. The molecule has 1 saturated carbocycles. The van der Waals surface area contributed by atoms with Crippen molar-refractivity contribution in [3.05, 3.63) is 34.5 Å². The van der Waals surface area contributed by atoms with Gasteiger partial charge in [-0.1, -0.05) is 49.9 Å². The van der Waals surface area contributed by atoms with Gasteiger partial charge in [0, 0.05) is 17.8 Å². The highest BCUT2D eigenvalue weighted by Crippen LogP contribution is 2.33. The summed E-state index contributed by atoms with van der Waals surface area (Å²) in [7, 11) is 0. The predicted molar refractivity (Wildman–Crippen MR) is 130 cm³/mol. The molecule has 0 bridgehead atoms. The number of hydrogen-bond acceptors (Lipinski definition) is 7. The number of aryl methyl sites for hydroxylation is 1. The van der Waals surface area contributed by atoms with E-state index in [4.69, 9.17) is 4.74 Å². The van der Waals surface area contributed by atoms with Crippen molar-refractivity contribution in [1.29, 1.82) is 0 Å². The van der Waals surface area contributed by atoms with Crippen molar-refractivity contribution in [1.82, 2.24) is 14.8 Å². The number of allylic oxidation sites excluding steroid dienone is 1. The summed E-state index contributed by atoms with van der Waals surface area (Å²) in [6, 6.07) is 0. The number of nitrogens with one attached hydrogen (secondary N) is 1. The van der Waals surface area contributed by atoms with Gasteiger partial charge in [-0.15, -0.1) is 28.1 Å². The van der Waals surface area contributed by atoms with Crippen LogP contribution in [0.25, 0.3) is 0 Å². The van der Waals surface area contributed by atoms with Crippen molar-refractivity contribution < 1.29 is 14.3 Å². The van der Waals surface area contributed by atoms with E-state index in [-0.39, 0.29) is 11.7 Å².